The molecule has 1 atom stereocenters. The molecule has 4 aliphatic rings. The van der Waals surface area contributed by atoms with Crippen LogP contribution in [0.5, 0.6) is 0 Å². The van der Waals surface area contributed by atoms with Crippen LogP contribution in [0.4, 0.5) is 0 Å². The molecule has 1 aromatic rings. The summed E-state index contributed by atoms with van der Waals surface area (Å²) in [5.74, 6) is 3.91. The highest BCUT2D eigenvalue weighted by Crippen LogP contribution is 2.61. The Morgan fingerprint density at radius 3 is 2.37 bits per heavy atom. The van der Waals surface area contributed by atoms with Crippen LogP contribution >= 0.6 is 0 Å². The normalized spacial score (nSPS) is 42.1. The van der Waals surface area contributed by atoms with Gasteiger partial charge in [0.05, 0.1) is 18.5 Å². The Kier molecular flexibility index (Phi) is 2.61. The van der Waals surface area contributed by atoms with Gasteiger partial charge < -0.3 is 4.42 Å². The van der Waals surface area contributed by atoms with E-state index in [-0.39, 0.29) is 0 Å². The van der Waals surface area contributed by atoms with Gasteiger partial charge in [-0.15, -0.1) is 0 Å². The monoisotopic (exact) mass is 257 g/mol. The second-order valence-electron chi connectivity index (χ2n) is 7.25. The molecule has 0 N–H and O–H groups in total. The smallest absolute Gasteiger partial charge is 0.144 e. The lowest BCUT2D eigenvalue weighted by Crippen LogP contribution is -2.50. The first-order valence-electron chi connectivity index (χ1n) is 7.80. The van der Waals surface area contributed by atoms with E-state index in [1.807, 2.05) is 18.3 Å². The van der Waals surface area contributed by atoms with E-state index < -0.39 is 0 Å². The largest absolute Gasteiger partial charge is 0.463 e. The molecule has 0 spiro atoms. The summed E-state index contributed by atoms with van der Waals surface area (Å²) >= 11 is 0. The van der Waals surface area contributed by atoms with Crippen molar-refractivity contribution in [1.82, 2.24) is 0 Å². The zero-order valence-electron chi connectivity index (χ0n) is 11.7. The Balaban J connectivity index is 1.54. The number of rotatable bonds is 3. The molecule has 2 nitrogen and oxygen atoms in total. The maximum Gasteiger partial charge on any atom is 0.144 e. The van der Waals surface area contributed by atoms with E-state index in [4.69, 9.17) is 9.41 Å². The Morgan fingerprint density at radius 1 is 1.21 bits per heavy atom. The summed E-state index contributed by atoms with van der Waals surface area (Å²) in [7, 11) is 0. The SMILES string of the molecule is C[C@@H](N=Cc1ccco1)C12CC3CC(CC(C3)C1)C2. The van der Waals surface area contributed by atoms with Crippen LogP contribution in [-0.2, 0) is 0 Å². The lowest BCUT2D eigenvalue weighted by atomic mass is 9.48. The highest BCUT2D eigenvalue weighted by Gasteiger charge is 2.53. The second-order valence-corrected chi connectivity index (χ2v) is 7.25. The van der Waals surface area contributed by atoms with Gasteiger partial charge >= 0.3 is 0 Å². The molecule has 0 saturated heterocycles. The molecule has 4 aliphatic carbocycles. The van der Waals surface area contributed by atoms with Crippen molar-refractivity contribution in [2.24, 2.45) is 28.2 Å². The zero-order chi connectivity index (χ0) is 12.9. The first-order chi connectivity index (χ1) is 9.23. The van der Waals surface area contributed by atoms with Crippen LogP contribution in [0.25, 0.3) is 0 Å². The fourth-order valence-electron chi connectivity index (χ4n) is 5.40. The van der Waals surface area contributed by atoms with Crippen molar-refractivity contribution >= 4 is 6.21 Å². The summed E-state index contributed by atoms with van der Waals surface area (Å²) < 4.78 is 5.35. The third-order valence-corrected chi connectivity index (χ3v) is 5.94. The molecule has 4 fully saturated rings. The first kappa shape index (κ1) is 11.7. The average Bonchev–Trinajstić information content (AvgIpc) is 2.87. The van der Waals surface area contributed by atoms with Crippen molar-refractivity contribution < 1.29 is 4.42 Å². The summed E-state index contributed by atoms with van der Waals surface area (Å²) in [5.41, 5.74) is 0.512. The first-order valence-corrected chi connectivity index (χ1v) is 7.80. The maximum absolute atomic E-state index is 5.35. The van der Waals surface area contributed by atoms with Crippen LogP contribution in [0.1, 0.15) is 51.2 Å². The van der Waals surface area contributed by atoms with Gasteiger partial charge in [-0.2, -0.15) is 0 Å². The molecular weight excluding hydrogens is 234 g/mol. The van der Waals surface area contributed by atoms with Gasteiger partial charge in [-0.25, -0.2) is 0 Å². The minimum absolute atomic E-state index is 0.450. The van der Waals surface area contributed by atoms with E-state index in [9.17, 15) is 0 Å². The third kappa shape index (κ3) is 1.96. The highest BCUT2D eigenvalue weighted by atomic mass is 16.3. The van der Waals surface area contributed by atoms with Crippen molar-refractivity contribution in [3.63, 3.8) is 0 Å². The van der Waals surface area contributed by atoms with Crippen molar-refractivity contribution in [2.45, 2.75) is 51.5 Å². The van der Waals surface area contributed by atoms with Gasteiger partial charge in [-0.1, -0.05) is 0 Å². The van der Waals surface area contributed by atoms with E-state index >= 15 is 0 Å². The fraction of sp³-hybridized carbons (Fsp3) is 0.706. The standard InChI is InChI=1S/C17H23NO/c1-12(18-11-16-3-2-4-19-16)17-8-13-5-14(9-17)7-15(6-13)10-17/h2-4,11-15H,5-10H2,1H3/t12-,13?,14?,15?,17?/m1/s1. The molecule has 0 radical (unpaired) electrons. The van der Waals surface area contributed by atoms with Crippen molar-refractivity contribution in [3.8, 4) is 0 Å². The summed E-state index contributed by atoms with van der Waals surface area (Å²) in [4.78, 5) is 4.84. The van der Waals surface area contributed by atoms with Gasteiger partial charge in [0.1, 0.15) is 5.76 Å². The summed E-state index contributed by atoms with van der Waals surface area (Å²) in [6.45, 7) is 2.33. The molecule has 102 valence electrons. The zero-order valence-corrected chi connectivity index (χ0v) is 11.7. The van der Waals surface area contributed by atoms with Crippen LogP contribution in [0.15, 0.2) is 27.8 Å². The molecule has 0 aromatic carbocycles. The summed E-state index contributed by atoms with van der Waals surface area (Å²) in [6, 6.07) is 4.36. The van der Waals surface area contributed by atoms with Crippen molar-refractivity contribution in [3.05, 3.63) is 24.2 Å². The summed E-state index contributed by atoms with van der Waals surface area (Å²) in [6.07, 6.45) is 12.5. The predicted octanol–water partition coefficient (Wildman–Crippen LogP) is 4.30. The number of hydrogen-bond acceptors (Lipinski definition) is 2. The molecule has 1 aromatic heterocycles. The Bertz CT molecular complexity index is 438. The molecular formula is C17H23NO. The predicted molar refractivity (Wildman–Crippen MR) is 76.4 cm³/mol. The lowest BCUT2D eigenvalue weighted by molar-refractivity contribution is -0.0632. The topological polar surface area (TPSA) is 25.5 Å². The number of hydrogen-bond donors (Lipinski definition) is 0. The van der Waals surface area contributed by atoms with Gasteiger partial charge in [-0.3, -0.25) is 4.99 Å². The van der Waals surface area contributed by atoms with E-state index in [1.165, 1.54) is 38.5 Å². The quantitative estimate of drug-likeness (QED) is 0.741. The molecule has 0 unspecified atom stereocenters. The van der Waals surface area contributed by atoms with Gasteiger partial charge in [0.15, 0.2) is 0 Å². The minimum atomic E-state index is 0.450. The molecule has 5 rings (SSSR count). The second kappa shape index (κ2) is 4.22. The van der Waals surface area contributed by atoms with Crippen LogP contribution in [0.3, 0.4) is 0 Å². The molecule has 0 aliphatic heterocycles. The molecule has 4 bridgehead atoms. The molecule has 4 saturated carbocycles. The molecule has 19 heavy (non-hydrogen) atoms. The highest BCUT2D eigenvalue weighted by molar-refractivity contribution is 5.75. The molecule has 0 amide bonds. The van der Waals surface area contributed by atoms with E-state index in [0.29, 0.717) is 11.5 Å². The Morgan fingerprint density at radius 2 is 1.84 bits per heavy atom. The van der Waals surface area contributed by atoms with Crippen LogP contribution in [-0.4, -0.2) is 12.3 Å². The lowest BCUT2D eigenvalue weighted by Gasteiger charge is -2.58. The van der Waals surface area contributed by atoms with Gasteiger partial charge in [0.2, 0.25) is 0 Å². The van der Waals surface area contributed by atoms with E-state index in [2.05, 4.69) is 6.92 Å². The van der Waals surface area contributed by atoms with E-state index in [1.54, 1.807) is 6.26 Å². The van der Waals surface area contributed by atoms with Gasteiger partial charge in [0.25, 0.3) is 0 Å². The van der Waals surface area contributed by atoms with Crippen LogP contribution in [0.2, 0.25) is 0 Å². The van der Waals surface area contributed by atoms with Crippen molar-refractivity contribution in [2.75, 3.05) is 0 Å². The molecule has 1 heterocycles. The number of nitrogens with zero attached hydrogens (tertiary/aromatic N) is 1. The van der Waals surface area contributed by atoms with E-state index in [0.717, 1.165) is 23.5 Å². The average molecular weight is 257 g/mol. The third-order valence-electron chi connectivity index (χ3n) is 5.94. The van der Waals surface area contributed by atoms with Crippen LogP contribution in [0, 0.1) is 23.2 Å². The Labute approximate surface area is 115 Å². The molecule has 2 heteroatoms. The summed E-state index contributed by atoms with van der Waals surface area (Å²) in [5, 5.41) is 0. The van der Waals surface area contributed by atoms with Gasteiger partial charge in [-0.05, 0) is 80.8 Å². The van der Waals surface area contributed by atoms with Gasteiger partial charge in [0, 0.05) is 0 Å². The van der Waals surface area contributed by atoms with Crippen molar-refractivity contribution in [1.29, 1.82) is 0 Å². The Hall–Kier alpha value is -1.05. The maximum atomic E-state index is 5.35. The van der Waals surface area contributed by atoms with Crippen LogP contribution < -0.4 is 0 Å². The number of furan rings is 1. The fourth-order valence-corrected chi connectivity index (χ4v) is 5.40. The number of aliphatic imine (C=N–C) groups is 1. The minimum Gasteiger partial charge on any atom is -0.463 e.